The number of aromatic nitrogens is 2. The van der Waals surface area contributed by atoms with E-state index in [9.17, 15) is 31.5 Å². The molecule has 2 aromatic carbocycles. The third-order valence-electron chi connectivity index (χ3n) is 6.68. The highest BCUT2D eigenvalue weighted by Gasteiger charge is 2.46. The van der Waals surface area contributed by atoms with Gasteiger partial charge in [-0.25, -0.2) is 9.67 Å². The first-order valence-corrected chi connectivity index (χ1v) is 16.3. The van der Waals surface area contributed by atoms with Crippen LogP contribution in [-0.4, -0.2) is 97.5 Å². The third kappa shape index (κ3) is 15.4. The number of carbonyl (C=O) groups excluding carboxylic acids is 2. The Morgan fingerprint density at radius 2 is 1.68 bits per heavy atom. The molecule has 292 valence electrons. The number of amidine groups is 1. The van der Waals surface area contributed by atoms with Crippen molar-refractivity contribution in [3.8, 4) is 11.1 Å². The topological polar surface area (TPSA) is 166 Å². The predicted octanol–water partition coefficient (Wildman–Crippen LogP) is 6.87. The highest BCUT2D eigenvalue weighted by Crippen LogP contribution is 2.32. The molecule has 0 spiro atoms. The zero-order valence-electron chi connectivity index (χ0n) is 30.6. The van der Waals surface area contributed by atoms with Crippen LogP contribution < -0.4 is 11.1 Å². The molecule has 4 rings (SSSR count). The number of nitrogens with two attached hydrogens (primary N) is 1. The minimum Gasteiger partial charge on any atom is -0.383 e. The summed E-state index contributed by atoms with van der Waals surface area (Å²) >= 11 is 6.22. The second-order valence-electron chi connectivity index (χ2n) is 13.1. The molecule has 1 aliphatic rings. The highest BCUT2D eigenvalue weighted by atomic mass is 35.5. The fourth-order valence-electron chi connectivity index (χ4n) is 4.22. The Labute approximate surface area is 311 Å². The average molecular weight is 772 g/mol. The molecular formula is C35H47ClF5N9O3. The summed E-state index contributed by atoms with van der Waals surface area (Å²) < 4.78 is 66.4. The zero-order chi connectivity index (χ0) is 40.5. The van der Waals surface area contributed by atoms with E-state index >= 15 is 0 Å². The Morgan fingerprint density at radius 1 is 1.11 bits per heavy atom. The van der Waals surface area contributed by atoms with Crippen LogP contribution >= 0.6 is 11.6 Å². The van der Waals surface area contributed by atoms with Crippen LogP contribution in [0.15, 0.2) is 59.9 Å². The number of rotatable bonds is 11. The number of nitrogens with zero attached hydrogens (tertiary/aromatic N) is 5. The standard InChI is InChI=1S/C23H22ClF2N7O2.C5H6F3NO.C5H12.C2H7N/c1-35-11-20(16-6-7-19(24)18(8-16)21(29)30-12-27)32(13-28)22(34)15-4-2-14(3-5-15)17-9-31-33(10-17)23(25)26;6-5(7,8)4-1-9(2-4)3-10;1-5(2,3)4;1-3-2/h2-10,12-13,20,23,28H,11H2,1H3,(H3,27,29,30);3-4H,1-2H2;1-4H3;3H,1-2H3. The first-order chi connectivity index (χ1) is 24.7. The highest BCUT2D eigenvalue weighted by molar-refractivity contribution is 6.34. The number of benzene rings is 2. The molecule has 0 bridgehead atoms. The lowest BCUT2D eigenvalue weighted by Crippen LogP contribution is -2.52. The molecule has 1 atom stereocenters. The lowest BCUT2D eigenvalue weighted by atomic mass is 10.0. The van der Waals surface area contributed by atoms with E-state index < -0.39 is 30.6 Å². The number of carbonyl (C=O) groups is 2. The third-order valence-corrected chi connectivity index (χ3v) is 7.01. The molecule has 0 radical (unpaired) electrons. The molecule has 1 aliphatic heterocycles. The van der Waals surface area contributed by atoms with E-state index in [2.05, 4.69) is 43.1 Å². The van der Waals surface area contributed by atoms with Gasteiger partial charge in [-0.1, -0.05) is 57.5 Å². The summed E-state index contributed by atoms with van der Waals surface area (Å²) in [7, 11) is 5.22. The summed E-state index contributed by atoms with van der Waals surface area (Å²) in [5.41, 5.74) is 8.71. The van der Waals surface area contributed by atoms with Gasteiger partial charge in [0, 0.05) is 43.1 Å². The van der Waals surface area contributed by atoms with Crippen molar-refractivity contribution >= 4 is 42.4 Å². The number of halogens is 6. The lowest BCUT2D eigenvalue weighted by molar-refractivity contribution is -0.206. The molecule has 2 heterocycles. The van der Waals surface area contributed by atoms with Gasteiger partial charge < -0.3 is 20.7 Å². The first-order valence-electron chi connectivity index (χ1n) is 16.0. The molecule has 2 amide bonds. The van der Waals surface area contributed by atoms with Crippen molar-refractivity contribution in [2.75, 3.05) is 40.9 Å². The Hall–Kier alpha value is -4.74. The molecule has 53 heavy (non-hydrogen) atoms. The predicted molar refractivity (Wildman–Crippen MR) is 197 cm³/mol. The fraction of sp³-hybridized carbons (Fsp3) is 0.429. The van der Waals surface area contributed by atoms with Crippen LogP contribution in [0.3, 0.4) is 0 Å². The second-order valence-corrected chi connectivity index (χ2v) is 13.5. The molecule has 3 aromatic rings. The van der Waals surface area contributed by atoms with Crippen molar-refractivity contribution in [1.82, 2.24) is 24.9 Å². The van der Waals surface area contributed by atoms with Crippen LogP contribution in [0, 0.1) is 22.2 Å². The molecule has 12 nitrogen and oxygen atoms in total. The summed E-state index contributed by atoms with van der Waals surface area (Å²) in [4.78, 5) is 29.1. The maximum absolute atomic E-state index is 13.3. The van der Waals surface area contributed by atoms with E-state index in [0.29, 0.717) is 43.8 Å². The van der Waals surface area contributed by atoms with E-state index in [1.54, 1.807) is 42.5 Å². The second kappa shape index (κ2) is 21.7. The van der Waals surface area contributed by atoms with Crippen LogP contribution in [0.2, 0.25) is 5.02 Å². The molecule has 5 N–H and O–H groups in total. The Morgan fingerprint density at radius 3 is 2.11 bits per heavy atom. The number of hydrogen-bond donors (Lipinski definition) is 4. The average Bonchev–Trinajstić information content (AvgIpc) is 3.55. The van der Waals surface area contributed by atoms with Gasteiger partial charge in [-0.3, -0.25) is 25.3 Å². The molecule has 0 saturated carbocycles. The Kier molecular flexibility index (Phi) is 19.0. The molecule has 18 heteroatoms. The summed E-state index contributed by atoms with van der Waals surface area (Å²) in [6, 6.07) is 10.5. The Balaban J connectivity index is 0.000000639. The van der Waals surface area contributed by atoms with Crippen molar-refractivity contribution in [1.29, 1.82) is 10.8 Å². The summed E-state index contributed by atoms with van der Waals surface area (Å²) in [5.74, 6) is -1.74. The summed E-state index contributed by atoms with van der Waals surface area (Å²) in [6.45, 7) is 5.72. The molecule has 1 unspecified atom stereocenters. The summed E-state index contributed by atoms with van der Waals surface area (Å²) in [6.07, 6.45) is 0.525. The van der Waals surface area contributed by atoms with Crippen LogP contribution in [0.4, 0.5) is 22.0 Å². The molecule has 1 saturated heterocycles. The van der Waals surface area contributed by atoms with Crippen LogP contribution in [0.25, 0.3) is 11.1 Å². The molecular weight excluding hydrogens is 725 g/mol. The Bertz CT molecular complexity index is 1630. The lowest BCUT2D eigenvalue weighted by Gasteiger charge is -2.37. The van der Waals surface area contributed by atoms with Gasteiger partial charge in [-0.15, -0.1) is 0 Å². The maximum atomic E-state index is 13.3. The van der Waals surface area contributed by atoms with Crippen LogP contribution in [0.5, 0.6) is 0 Å². The molecule has 0 aliphatic carbocycles. The van der Waals surface area contributed by atoms with Crippen molar-refractivity contribution in [2.24, 2.45) is 22.1 Å². The maximum Gasteiger partial charge on any atom is 0.395 e. The first kappa shape index (κ1) is 46.3. The number of aliphatic imine (C=N–C) groups is 1. The number of ether oxygens (including phenoxy) is 1. The van der Waals surface area contributed by atoms with Crippen LogP contribution in [0.1, 0.15) is 61.8 Å². The van der Waals surface area contributed by atoms with Gasteiger partial charge >= 0.3 is 12.7 Å². The van der Waals surface area contributed by atoms with Gasteiger partial charge in [0.1, 0.15) is 12.2 Å². The van der Waals surface area contributed by atoms with Gasteiger partial charge in [-0.2, -0.15) is 27.1 Å². The van der Waals surface area contributed by atoms with Gasteiger partial charge in [0.2, 0.25) is 6.41 Å². The number of alkyl halides is 5. The largest absolute Gasteiger partial charge is 0.395 e. The zero-order valence-corrected chi connectivity index (χ0v) is 31.3. The van der Waals surface area contributed by atoms with Crippen molar-refractivity contribution in [3.05, 3.63) is 76.6 Å². The fourth-order valence-corrected chi connectivity index (χ4v) is 4.44. The number of hydrogen-bond acceptors (Lipinski definition) is 7. The van der Waals surface area contributed by atoms with Gasteiger partial charge in [0.15, 0.2) is 0 Å². The number of amides is 2. The van der Waals surface area contributed by atoms with E-state index in [1.165, 1.54) is 24.4 Å². The van der Waals surface area contributed by atoms with Gasteiger partial charge in [-0.05, 0) is 54.9 Å². The monoisotopic (exact) mass is 771 g/mol. The van der Waals surface area contributed by atoms with Gasteiger partial charge in [0.25, 0.3) is 5.91 Å². The van der Waals surface area contributed by atoms with Crippen molar-refractivity contribution in [2.45, 2.75) is 46.5 Å². The minimum absolute atomic E-state index is 0.0292. The van der Waals surface area contributed by atoms with Crippen molar-refractivity contribution < 1.29 is 36.3 Å². The van der Waals surface area contributed by atoms with E-state index in [1.807, 2.05) is 14.1 Å². The van der Waals surface area contributed by atoms with E-state index in [0.717, 1.165) is 17.6 Å². The number of nitrogens with one attached hydrogen (secondary N) is 3. The van der Waals surface area contributed by atoms with Gasteiger partial charge in [0.05, 0.1) is 36.1 Å². The SMILES string of the molecule is CC(C)(C)C.CNC.COCC(c1ccc(Cl)c(C(N)=NC=N)c1)N(C=N)C(=O)c1ccc(-c2cnn(C(F)F)c2)cc1.O=CN1CC(C(F)(F)F)C1. The van der Waals surface area contributed by atoms with E-state index in [4.69, 9.17) is 32.9 Å². The summed E-state index contributed by atoms with van der Waals surface area (Å²) in [5, 5.41) is 21.7. The minimum atomic E-state index is -4.13. The normalized spacial score (nSPS) is 13.5. The van der Waals surface area contributed by atoms with Crippen LogP contribution in [-0.2, 0) is 9.53 Å². The number of methoxy groups -OCH3 is 1. The molecule has 1 aromatic heterocycles. The quantitative estimate of drug-likeness (QED) is 0.0719. The number of likely N-dealkylation sites (tertiary alicyclic amines) is 1. The van der Waals surface area contributed by atoms with E-state index in [-0.39, 0.29) is 31.1 Å². The molecule has 1 fully saturated rings. The van der Waals surface area contributed by atoms with Crippen molar-refractivity contribution in [3.63, 3.8) is 0 Å². The smallest absolute Gasteiger partial charge is 0.383 e.